The topological polar surface area (TPSA) is 51.2 Å². The quantitative estimate of drug-likeness (QED) is 0.852. The van der Waals surface area contributed by atoms with Crippen LogP contribution in [0.3, 0.4) is 0 Å². The molecule has 2 rings (SSSR count). The number of benzene rings is 1. The second-order valence-electron chi connectivity index (χ2n) is 4.20. The van der Waals surface area contributed by atoms with E-state index in [2.05, 4.69) is 10.1 Å². The molecule has 2 aromatic rings. The van der Waals surface area contributed by atoms with Gasteiger partial charge < -0.3 is 4.52 Å². The monoisotopic (exact) mass is 296 g/mol. The molecule has 1 heterocycles. The van der Waals surface area contributed by atoms with Gasteiger partial charge >= 0.3 is 7.52 Å². The number of hydrogen-bond acceptors (Lipinski definition) is 3. The van der Waals surface area contributed by atoms with E-state index in [-0.39, 0.29) is 0 Å². The normalized spacial score (nSPS) is 13.6. The van der Waals surface area contributed by atoms with Crippen molar-refractivity contribution in [2.24, 2.45) is 0 Å². The van der Waals surface area contributed by atoms with Gasteiger partial charge in [-0.1, -0.05) is 23.7 Å². The summed E-state index contributed by atoms with van der Waals surface area (Å²) < 4.78 is 17.9. The molecule has 0 saturated carbocycles. The third kappa shape index (κ3) is 3.98. The van der Waals surface area contributed by atoms with E-state index >= 15 is 0 Å². The van der Waals surface area contributed by atoms with Gasteiger partial charge in [-0.15, -0.1) is 0 Å². The van der Waals surface area contributed by atoms with Gasteiger partial charge in [0.1, 0.15) is 11.6 Å². The molecule has 6 heteroatoms. The zero-order chi connectivity index (χ0) is 13.9. The van der Waals surface area contributed by atoms with Crippen LogP contribution in [0.15, 0.2) is 42.6 Å². The third-order valence-corrected chi connectivity index (χ3v) is 3.83. The standard InChI is InChI=1S/C13H14ClN2O2P/c1-10-6-7-11(14)12(9-10)18-19(2,17)16-13-5-3-4-8-15-13/h3-9H,1-2H3,(H,15,16,17)/t19-/m1/s1. The second kappa shape index (κ2) is 5.64. The Morgan fingerprint density at radius 2 is 2.11 bits per heavy atom. The molecule has 4 nitrogen and oxygen atoms in total. The van der Waals surface area contributed by atoms with E-state index in [1.54, 1.807) is 36.5 Å². The van der Waals surface area contributed by atoms with Crippen molar-refractivity contribution in [1.29, 1.82) is 0 Å². The number of hydrogen-bond donors (Lipinski definition) is 1. The molecule has 1 atom stereocenters. The molecule has 0 bridgehead atoms. The van der Waals surface area contributed by atoms with Crippen LogP contribution in [0.5, 0.6) is 5.75 Å². The minimum absolute atomic E-state index is 0.399. The van der Waals surface area contributed by atoms with Crippen molar-refractivity contribution in [2.75, 3.05) is 11.8 Å². The minimum atomic E-state index is -3.08. The first-order chi connectivity index (χ1) is 8.96. The summed E-state index contributed by atoms with van der Waals surface area (Å²) in [6.45, 7) is 3.40. The van der Waals surface area contributed by atoms with Gasteiger partial charge in [-0.05, 0) is 36.8 Å². The summed E-state index contributed by atoms with van der Waals surface area (Å²) >= 11 is 6.02. The molecule has 0 aliphatic carbocycles. The Labute approximate surface area is 117 Å². The largest absolute Gasteiger partial charge is 0.427 e. The summed E-state index contributed by atoms with van der Waals surface area (Å²) in [5.41, 5.74) is 0.984. The number of nitrogens with zero attached hydrogens (tertiary/aromatic N) is 1. The van der Waals surface area contributed by atoms with Crippen molar-refractivity contribution in [3.63, 3.8) is 0 Å². The van der Waals surface area contributed by atoms with Gasteiger partial charge in [-0.3, -0.25) is 9.65 Å². The van der Waals surface area contributed by atoms with Crippen LogP contribution in [0.4, 0.5) is 5.82 Å². The summed E-state index contributed by atoms with van der Waals surface area (Å²) in [5.74, 6) is 0.896. The SMILES string of the molecule is Cc1ccc(Cl)c(O[P@@](C)(=O)Nc2ccccn2)c1. The fourth-order valence-electron chi connectivity index (χ4n) is 1.53. The highest BCUT2D eigenvalue weighted by atomic mass is 35.5. The highest BCUT2D eigenvalue weighted by molar-refractivity contribution is 7.60. The summed E-state index contributed by atoms with van der Waals surface area (Å²) in [4.78, 5) is 4.05. The van der Waals surface area contributed by atoms with E-state index in [1.807, 2.05) is 13.0 Å². The van der Waals surface area contributed by atoms with Crippen molar-refractivity contribution in [2.45, 2.75) is 6.92 Å². The van der Waals surface area contributed by atoms with Gasteiger partial charge in [0.25, 0.3) is 0 Å². The van der Waals surface area contributed by atoms with E-state index in [0.717, 1.165) is 5.56 Å². The maximum Gasteiger partial charge on any atom is 0.339 e. The Kier molecular flexibility index (Phi) is 4.13. The molecule has 19 heavy (non-hydrogen) atoms. The Bertz CT molecular complexity index is 619. The van der Waals surface area contributed by atoms with Gasteiger partial charge in [0.2, 0.25) is 0 Å². The van der Waals surface area contributed by atoms with Crippen LogP contribution in [-0.4, -0.2) is 11.6 Å². The molecule has 0 radical (unpaired) electrons. The Morgan fingerprint density at radius 1 is 1.32 bits per heavy atom. The fraction of sp³-hybridized carbons (Fsp3) is 0.154. The maximum absolute atomic E-state index is 12.4. The first-order valence-corrected chi connectivity index (χ1v) is 8.14. The van der Waals surface area contributed by atoms with Gasteiger partial charge in [-0.2, -0.15) is 0 Å². The molecule has 0 fully saturated rings. The zero-order valence-electron chi connectivity index (χ0n) is 10.6. The van der Waals surface area contributed by atoms with Crippen molar-refractivity contribution in [3.05, 3.63) is 53.2 Å². The minimum Gasteiger partial charge on any atom is -0.427 e. The fourth-order valence-corrected chi connectivity index (χ4v) is 2.86. The van der Waals surface area contributed by atoms with E-state index in [9.17, 15) is 4.57 Å². The van der Waals surface area contributed by atoms with Crippen LogP contribution in [0.2, 0.25) is 5.02 Å². The number of pyridine rings is 1. The number of halogens is 1. The number of nitrogens with one attached hydrogen (secondary N) is 1. The van der Waals surface area contributed by atoms with Crippen molar-refractivity contribution in [1.82, 2.24) is 4.98 Å². The van der Waals surface area contributed by atoms with Crippen molar-refractivity contribution in [3.8, 4) is 5.75 Å². The van der Waals surface area contributed by atoms with Gasteiger partial charge in [0.05, 0.1) is 5.02 Å². The molecular formula is C13H14ClN2O2P. The number of rotatable bonds is 4. The zero-order valence-corrected chi connectivity index (χ0v) is 12.3. The van der Waals surface area contributed by atoms with Crippen LogP contribution in [0.25, 0.3) is 0 Å². The summed E-state index contributed by atoms with van der Waals surface area (Å²) in [5, 5.41) is 3.20. The molecule has 0 amide bonds. The lowest BCUT2D eigenvalue weighted by atomic mass is 10.2. The Balaban J connectivity index is 2.17. The lowest BCUT2D eigenvalue weighted by Gasteiger charge is -2.17. The molecule has 0 unspecified atom stereocenters. The molecule has 100 valence electrons. The van der Waals surface area contributed by atoms with E-state index in [1.165, 1.54) is 6.66 Å². The average molecular weight is 297 g/mol. The summed E-state index contributed by atoms with van der Waals surface area (Å²) in [6, 6.07) is 10.6. The molecule has 1 aromatic carbocycles. The highest BCUT2D eigenvalue weighted by Crippen LogP contribution is 2.44. The summed E-state index contributed by atoms with van der Waals surface area (Å²) in [6.07, 6.45) is 1.61. The smallest absolute Gasteiger partial charge is 0.339 e. The van der Waals surface area contributed by atoms with Crippen LogP contribution >= 0.6 is 19.1 Å². The third-order valence-electron chi connectivity index (χ3n) is 2.34. The molecule has 0 spiro atoms. The van der Waals surface area contributed by atoms with E-state index < -0.39 is 7.52 Å². The van der Waals surface area contributed by atoms with E-state index in [4.69, 9.17) is 16.1 Å². The molecule has 0 aliphatic rings. The van der Waals surface area contributed by atoms with Crippen molar-refractivity contribution >= 4 is 24.9 Å². The average Bonchev–Trinajstić information content (AvgIpc) is 2.34. The number of anilines is 1. The van der Waals surface area contributed by atoms with E-state index in [0.29, 0.717) is 16.6 Å². The van der Waals surface area contributed by atoms with Crippen LogP contribution in [-0.2, 0) is 4.57 Å². The number of aryl methyl sites for hydroxylation is 1. The van der Waals surface area contributed by atoms with Crippen LogP contribution in [0, 0.1) is 6.92 Å². The second-order valence-corrected chi connectivity index (χ2v) is 6.70. The maximum atomic E-state index is 12.4. The predicted octanol–water partition coefficient (Wildman–Crippen LogP) is 4.36. The lowest BCUT2D eigenvalue weighted by Crippen LogP contribution is -2.03. The Morgan fingerprint density at radius 3 is 2.79 bits per heavy atom. The molecule has 1 N–H and O–H groups in total. The highest BCUT2D eigenvalue weighted by Gasteiger charge is 2.19. The number of aromatic nitrogens is 1. The first kappa shape index (κ1) is 13.9. The molecule has 0 aliphatic heterocycles. The van der Waals surface area contributed by atoms with Gasteiger partial charge in [-0.25, -0.2) is 4.98 Å². The predicted molar refractivity (Wildman–Crippen MR) is 78.2 cm³/mol. The van der Waals surface area contributed by atoms with Gasteiger partial charge in [0, 0.05) is 12.9 Å². The molecular weight excluding hydrogens is 283 g/mol. The lowest BCUT2D eigenvalue weighted by molar-refractivity contribution is 0.493. The first-order valence-electron chi connectivity index (χ1n) is 5.69. The van der Waals surface area contributed by atoms with Crippen LogP contribution < -0.4 is 9.61 Å². The Hall–Kier alpha value is -1.51. The van der Waals surface area contributed by atoms with Gasteiger partial charge in [0.15, 0.2) is 0 Å². The summed E-state index contributed by atoms with van der Waals surface area (Å²) in [7, 11) is -3.08. The molecule has 0 saturated heterocycles. The van der Waals surface area contributed by atoms with Crippen LogP contribution in [0.1, 0.15) is 5.56 Å². The molecule has 1 aromatic heterocycles. The van der Waals surface area contributed by atoms with Crippen molar-refractivity contribution < 1.29 is 9.09 Å².